The number of Topliss-reactive ketones (excluding diaryl/α,β-unsaturated/α-hetero) is 1. The zero-order valence-electron chi connectivity index (χ0n) is 9.96. The van der Waals surface area contributed by atoms with Gasteiger partial charge in [-0.05, 0) is 52.6 Å². The largest absolute Gasteiger partial charge is 0.390 e. The molecule has 0 amide bonds. The summed E-state index contributed by atoms with van der Waals surface area (Å²) < 4.78 is 0. The molecule has 0 aromatic carbocycles. The monoisotopic (exact) mass is 213 g/mol. The van der Waals surface area contributed by atoms with E-state index < -0.39 is 5.60 Å². The van der Waals surface area contributed by atoms with Crippen molar-refractivity contribution in [2.75, 3.05) is 19.6 Å². The fourth-order valence-corrected chi connectivity index (χ4v) is 2.09. The first kappa shape index (κ1) is 12.7. The predicted molar refractivity (Wildman–Crippen MR) is 60.8 cm³/mol. The number of ketones is 1. The number of rotatable bonds is 4. The summed E-state index contributed by atoms with van der Waals surface area (Å²) in [6, 6.07) is 0. The van der Waals surface area contributed by atoms with Gasteiger partial charge in [0.25, 0.3) is 0 Å². The molecule has 1 aliphatic heterocycles. The zero-order chi connectivity index (χ0) is 11.3. The highest BCUT2D eigenvalue weighted by atomic mass is 16.3. The van der Waals surface area contributed by atoms with Crippen LogP contribution in [0, 0.1) is 0 Å². The molecule has 0 aliphatic carbocycles. The maximum atomic E-state index is 10.8. The van der Waals surface area contributed by atoms with Crippen molar-refractivity contribution < 1.29 is 9.90 Å². The Morgan fingerprint density at radius 1 is 1.40 bits per heavy atom. The van der Waals surface area contributed by atoms with Gasteiger partial charge in [0.2, 0.25) is 0 Å². The Morgan fingerprint density at radius 2 is 2.13 bits per heavy atom. The molecule has 0 bridgehead atoms. The van der Waals surface area contributed by atoms with Crippen LogP contribution in [0.15, 0.2) is 0 Å². The molecule has 1 rings (SSSR count). The standard InChI is InChI=1S/C12H23NO2/c1-11(14)5-3-8-13-9-4-6-12(2,15)7-10-13/h15H,3-10H2,1-2H3. The Kier molecular flexibility index (Phi) is 4.74. The Morgan fingerprint density at radius 3 is 2.80 bits per heavy atom. The van der Waals surface area contributed by atoms with Crippen LogP contribution in [0.2, 0.25) is 0 Å². The molecule has 88 valence electrons. The third-order valence-electron chi connectivity index (χ3n) is 3.16. The highest BCUT2D eigenvalue weighted by Crippen LogP contribution is 2.21. The topological polar surface area (TPSA) is 40.5 Å². The quantitative estimate of drug-likeness (QED) is 0.771. The molecule has 0 aromatic rings. The molecule has 1 saturated heterocycles. The minimum atomic E-state index is -0.477. The summed E-state index contributed by atoms with van der Waals surface area (Å²) in [5, 5.41) is 9.91. The number of nitrogens with zero attached hydrogens (tertiary/aromatic N) is 1. The Balaban J connectivity index is 2.23. The lowest BCUT2D eigenvalue weighted by Gasteiger charge is -2.22. The average molecular weight is 213 g/mol. The molecule has 1 N–H and O–H groups in total. The highest BCUT2D eigenvalue weighted by molar-refractivity contribution is 5.75. The Bertz CT molecular complexity index is 214. The summed E-state index contributed by atoms with van der Waals surface area (Å²) in [7, 11) is 0. The molecule has 3 nitrogen and oxygen atoms in total. The van der Waals surface area contributed by atoms with Gasteiger partial charge in [0.15, 0.2) is 0 Å². The van der Waals surface area contributed by atoms with E-state index in [1.165, 1.54) is 0 Å². The number of carbonyl (C=O) groups excluding carboxylic acids is 1. The first-order valence-electron chi connectivity index (χ1n) is 5.94. The summed E-state index contributed by atoms with van der Waals surface area (Å²) in [6.07, 6.45) is 4.46. The summed E-state index contributed by atoms with van der Waals surface area (Å²) in [4.78, 5) is 13.2. The van der Waals surface area contributed by atoms with Gasteiger partial charge in [0.1, 0.15) is 5.78 Å². The Hall–Kier alpha value is -0.410. The van der Waals surface area contributed by atoms with Crippen molar-refractivity contribution in [1.29, 1.82) is 0 Å². The average Bonchev–Trinajstić information content (AvgIpc) is 2.27. The van der Waals surface area contributed by atoms with E-state index in [0.29, 0.717) is 6.42 Å². The van der Waals surface area contributed by atoms with Crippen LogP contribution in [0.3, 0.4) is 0 Å². The number of hydrogen-bond acceptors (Lipinski definition) is 3. The maximum absolute atomic E-state index is 10.8. The lowest BCUT2D eigenvalue weighted by Crippen LogP contribution is -2.29. The summed E-state index contributed by atoms with van der Waals surface area (Å²) in [5.74, 6) is 0.275. The van der Waals surface area contributed by atoms with E-state index in [-0.39, 0.29) is 5.78 Å². The molecular weight excluding hydrogens is 190 g/mol. The van der Waals surface area contributed by atoms with Crippen LogP contribution in [0.5, 0.6) is 0 Å². The van der Waals surface area contributed by atoms with Gasteiger partial charge in [0.05, 0.1) is 5.60 Å². The van der Waals surface area contributed by atoms with E-state index in [1.807, 2.05) is 6.92 Å². The fraction of sp³-hybridized carbons (Fsp3) is 0.917. The van der Waals surface area contributed by atoms with Crippen molar-refractivity contribution in [2.45, 2.75) is 51.6 Å². The van der Waals surface area contributed by atoms with E-state index in [0.717, 1.165) is 45.3 Å². The smallest absolute Gasteiger partial charge is 0.129 e. The third-order valence-corrected chi connectivity index (χ3v) is 3.16. The van der Waals surface area contributed by atoms with Gasteiger partial charge in [-0.2, -0.15) is 0 Å². The van der Waals surface area contributed by atoms with Crippen LogP contribution < -0.4 is 0 Å². The molecule has 1 aliphatic rings. The molecule has 15 heavy (non-hydrogen) atoms. The second kappa shape index (κ2) is 5.61. The molecule has 1 heterocycles. The van der Waals surface area contributed by atoms with Crippen molar-refractivity contribution >= 4 is 5.78 Å². The molecule has 1 unspecified atom stereocenters. The lowest BCUT2D eigenvalue weighted by atomic mass is 9.98. The zero-order valence-corrected chi connectivity index (χ0v) is 9.96. The van der Waals surface area contributed by atoms with Gasteiger partial charge in [0, 0.05) is 13.0 Å². The third kappa shape index (κ3) is 5.28. The van der Waals surface area contributed by atoms with E-state index in [9.17, 15) is 9.90 Å². The molecule has 1 atom stereocenters. The maximum Gasteiger partial charge on any atom is 0.129 e. The number of likely N-dealkylation sites (tertiary alicyclic amines) is 1. The van der Waals surface area contributed by atoms with Gasteiger partial charge in [-0.1, -0.05) is 0 Å². The second-order valence-corrected chi connectivity index (χ2v) is 5.00. The first-order valence-corrected chi connectivity index (χ1v) is 5.94. The number of aliphatic hydroxyl groups is 1. The van der Waals surface area contributed by atoms with E-state index in [1.54, 1.807) is 6.92 Å². The predicted octanol–water partition coefficient (Wildman–Crippen LogP) is 1.59. The normalized spacial score (nSPS) is 28.7. The molecule has 0 aromatic heterocycles. The number of hydrogen-bond donors (Lipinski definition) is 1. The highest BCUT2D eigenvalue weighted by Gasteiger charge is 2.24. The summed E-state index contributed by atoms with van der Waals surface area (Å²) in [6.45, 7) is 6.59. The van der Waals surface area contributed by atoms with E-state index >= 15 is 0 Å². The van der Waals surface area contributed by atoms with Gasteiger partial charge in [-0.3, -0.25) is 0 Å². The summed E-state index contributed by atoms with van der Waals surface area (Å²) >= 11 is 0. The first-order chi connectivity index (χ1) is 6.99. The molecule has 3 heteroatoms. The van der Waals surface area contributed by atoms with Crippen LogP contribution >= 0.6 is 0 Å². The van der Waals surface area contributed by atoms with Crippen LogP contribution in [0.25, 0.3) is 0 Å². The lowest BCUT2D eigenvalue weighted by molar-refractivity contribution is -0.117. The molecular formula is C12H23NO2. The number of carbonyl (C=O) groups is 1. The van der Waals surface area contributed by atoms with E-state index in [2.05, 4.69) is 4.90 Å². The van der Waals surface area contributed by atoms with Gasteiger partial charge in [-0.25, -0.2) is 0 Å². The van der Waals surface area contributed by atoms with Crippen LogP contribution in [0.1, 0.15) is 46.0 Å². The van der Waals surface area contributed by atoms with Crippen molar-refractivity contribution in [2.24, 2.45) is 0 Å². The minimum Gasteiger partial charge on any atom is -0.390 e. The second-order valence-electron chi connectivity index (χ2n) is 5.00. The summed E-state index contributed by atoms with van der Waals surface area (Å²) in [5.41, 5.74) is -0.477. The molecule has 0 saturated carbocycles. The van der Waals surface area contributed by atoms with Crippen LogP contribution in [-0.2, 0) is 4.79 Å². The molecule has 0 radical (unpaired) electrons. The van der Waals surface area contributed by atoms with Crippen molar-refractivity contribution in [3.05, 3.63) is 0 Å². The van der Waals surface area contributed by atoms with Crippen molar-refractivity contribution in [3.8, 4) is 0 Å². The fourth-order valence-electron chi connectivity index (χ4n) is 2.09. The van der Waals surface area contributed by atoms with Gasteiger partial charge in [-0.15, -0.1) is 0 Å². The SMILES string of the molecule is CC(=O)CCCN1CCCC(C)(O)CC1. The van der Waals surface area contributed by atoms with Crippen LogP contribution in [-0.4, -0.2) is 41.0 Å². The van der Waals surface area contributed by atoms with Crippen molar-refractivity contribution in [1.82, 2.24) is 4.90 Å². The van der Waals surface area contributed by atoms with Crippen molar-refractivity contribution in [3.63, 3.8) is 0 Å². The van der Waals surface area contributed by atoms with Crippen LogP contribution in [0.4, 0.5) is 0 Å². The minimum absolute atomic E-state index is 0.275. The Labute approximate surface area is 92.5 Å². The van der Waals surface area contributed by atoms with E-state index in [4.69, 9.17) is 0 Å². The molecule has 1 fully saturated rings. The van der Waals surface area contributed by atoms with Gasteiger partial charge < -0.3 is 14.8 Å². The van der Waals surface area contributed by atoms with Gasteiger partial charge >= 0.3 is 0 Å². The molecule has 0 spiro atoms.